The van der Waals surface area contributed by atoms with Gasteiger partial charge in [-0.25, -0.2) is 0 Å². The first-order valence-electron chi connectivity index (χ1n) is 6.57. The number of nitrogens with zero attached hydrogens (tertiary/aromatic N) is 2. The first kappa shape index (κ1) is 16.9. The molecule has 0 aromatic carbocycles. The van der Waals surface area contributed by atoms with E-state index in [1.54, 1.807) is 6.92 Å². The van der Waals surface area contributed by atoms with Crippen LogP contribution < -0.4 is 5.32 Å². The van der Waals surface area contributed by atoms with Crippen LogP contribution in [-0.2, 0) is 14.3 Å². The molecule has 1 aromatic rings. The van der Waals surface area contributed by atoms with E-state index in [9.17, 15) is 9.59 Å². The second kappa shape index (κ2) is 8.91. The van der Waals surface area contributed by atoms with Crippen molar-refractivity contribution in [1.82, 2.24) is 10.2 Å². The first-order valence-corrected chi connectivity index (χ1v) is 8.26. The van der Waals surface area contributed by atoms with Crippen LogP contribution in [0.5, 0.6) is 0 Å². The van der Waals surface area contributed by atoms with E-state index in [0.717, 1.165) is 6.42 Å². The average molecular weight is 317 g/mol. The van der Waals surface area contributed by atoms with Crippen molar-refractivity contribution in [3.8, 4) is 0 Å². The van der Waals surface area contributed by atoms with Gasteiger partial charge in [0.25, 0.3) is 0 Å². The van der Waals surface area contributed by atoms with Crippen LogP contribution in [0, 0.1) is 0 Å². The summed E-state index contributed by atoms with van der Waals surface area (Å²) >= 11 is 2.58. The largest absolute Gasteiger partial charge is 0.465 e. The van der Waals surface area contributed by atoms with Crippen LogP contribution >= 0.6 is 23.1 Å². The highest BCUT2D eigenvalue weighted by Crippen LogP contribution is 2.30. The zero-order valence-electron chi connectivity index (χ0n) is 11.8. The molecule has 0 spiro atoms. The van der Waals surface area contributed by atoms with Gasteiger partial charge in [-0.2, -0.15) is 0 Å². The minimum absolute atomic E-state index is 0.0716. The van der Waals surface area contributed by atoms with Crippen molar-refractivity contribution in [2.24, 2.45) is 0 Å². The Morgan fingerprint density at radius 3 is 2.70 bits per heavy atom. The van der Waals surface area contributed by atoms with Gasteiger partial charge in [0.05, 0.1) is 6.61 Å². The van der Waals surface area contributed by atoms with Crippen molar-refractivity contribution in [2.45, 2.75) is 49.6 Å². The highest BCUT2D eigenvalue weighted by Gasteiger charge is 2.21. The molecule has 0 aliphatic heterocycles. The molecule has 1 rings (SSSR count). The van der Waals surface area contributed by atoms with Gasteiger partial charge >= 0.3 is 5.97 Å². The number of anilines is 1. The molecule has 20 heavy (non-hydrogen) atoms. The lowest BCUT2D eigenvalue weighted by molar-refractivity contribution is -0.142. The van der Waals surface area contributed by atoms with E-state index in [2.05, 4.69) is 15.5 Å². The third-order valence-electron chi connectivity index (χ3n) is 2.29. The fourth-order valence-electron chi connectivity index (χ4n) is 1.37. The van der Waals surface area contributed by atoms with E-state index in [1.165, 1.54) is 23.1 Å². The number of hydrogen-bond donors (Lipinski definition) is 1. The minimum Gasteiger partial charge on any atom is -0.465 e. The SMILES string of the molecule is CCCC(=O)Nc1nnc(S[C@@H](CC)C(=O)OCC)s1. The van der Waals surface area contributed by atoms with Gasteiger partial charge in [0, 0.05) is 6.42 Å². The predicted molar refractivity (Wildman–Crippen MR) is 80.0 cm³/mol. The van der Waals surface area contributed by atoms with Gasteiger partial charge in [0.2, 0.25) is 11.0 Å². The summed E-state index contributed by atoms with van der Waals surface area (Å²) in [7, 11) is 0. The summed E-state index contributed by atoms with van der Waals surface area (Å²) in [5, 5.41) is 10.7. The van der Waals surface area contributed by atoms with Gasteiger partial charge in [-0.05, 0) is 19.8 Å². The molecule has 0 unspecified atom stereocenters. The highest BCUT2D eigenvalue weighted by atomic mass is 32.2. The Morgan fingerprint density at radius 2 is 2.10 bits per heavy atom. The lowest BCUT2D eigenvalue weighted by Crippen LogP contribution is -2.19. The topological polar surface area (TPSA) is 81.2 Å². The van der Waals surface area contributed by atoms with Gasteiger partial charge in [-0.15, -0.1) is 10.2 Å². The van der Waals surface area contributed by atoms with Crippen molar-refractivity contribution in [3.63, 3.8) is 0 Å². The fourth-order valence-corrected chi connectivity index (χ4v) is 3.31. The Morgan fingerprint density at radius 1 is 1.35 bits per heavy atom. The third kappa shape index (κ3) is 5.46. The number of nitrogens with one attached hydrogen (secondary N) is 1. The van der Waals surface area contributed by atoms with Crippen molar-refractivity contribution in [2.75, 3.05) is 11.9 Å². The van der Waals surface area contributed by atoms with E-state index >= 15 is 0 Å². The van der Waals surface area contributed by atoms with Crippen LogP contribution in [-0.4, -0.2) is 33.9 Å². The third-order valence-corrected chi connectivity index (χ3v) is 4.56. The minimum atomic E-state index is -0.290. The summed E-state index contributed by atoms with van der Waals surface area (Å²) in [5.41, 5.74) is 0. The van der Waals surface area contributed by atoms with Gasteiger partial charge in [0.15, 0.2) is 4.34 Å². The van der Waals surface area contributed by atoms with Crippen molar-refractivity contribution in [3.05, 3.63) is 0 Å². The molecular weight excluding hydrogens is 298 g/mol. The molecule has 1 amide bonds. The average Bonchev–Trinajstić information content (AvgIpc) is 2.83. The number of ether oxygens (including phenoxy) is 1. The summed E-state index contributed by atoms with van der Waals surface area (Å²) in [5.74, 6) is -0.315. The Balaban J connectivity index is 2.58. The summed E-state index contributed by atoms with van der Waals surface area (Å²) in [4.78, 5) is 23.1. The molecule has 0 aliphatic carbocycles. The molecular formula is C12H19N3O3S2. The first-order chi connectivity index (χ1) is 9.60. The van der Waals surface area contributed by atoms with Gasteiger partial charge < -0.3 is 10.1 Å². The van der Waals surface area contributed by atoms with E-state index < -0.39 is 0 Å². The maximum absolute atomic E-state index is 11.7. The number of thioether (sulfide) groups is 1. The van der Waals surface area contributed by atoms with E-state index in [4.69, 9.17) is 4.74 Å². The second-order valence-corrected chi connectivity index (χ2v) is 6.37. The molecule has 1 aromatic heterocycles. The zero-order chi connectivity index (χ0) is 15.0. The fraction of sp³-hybridized carbons (Fsp3) is 0.667. The van der Waals surface area contributed by atoms with E-state index in [1.807, 2.05) is 13.8 Å². The van der Waals surface area contributed by atoms with Crippen LogP contribution in [0.2, 0.25) is 0 Å². The molecule has 0 bridgehead atoms. The van der Waals surface area contributed by atoms with E-state index in [-0.39, 0.29) is 17.1 Å². The molecule has 0 saturated carbocycles. The summed E-state index contributed by atoms with van der Waals surface area (Å²) in [6, 6.07) is 0. The molecule has 0 radical (unpaired) electrons. The van der Waals surface area contributed by atoms with Crippen LogP contribution in [0.3, 0.4) is 0 Å². The monoisotopic (exact) mass is 317 g/mol. The second-order valence-electron chi connectivity index (χ2n) is 3.94. The maximum atomic E-state index is 11.7. The Hall–Kier alpha value is -1.15. The van der Waals surface area contributed by atoms with Crippen LogP contribution in [0.15, 0.2) is 4.34 Å². The molecule has 8 heteroatoms. The van der Waals surface area contributed by atoms with Crippen LogP contribution in [0.1, 0.15) is 40.0 Å². The highest BCUT2D eigenvalue weighted by molar-refractivity contribution is 8.02. The molecule has 1 atom stereocenters. The van der Waals surface area contributed by atoms with Crippen LogP contribution in [0.25, 0.3) is 0 Å². The Labute approximate surface area is 126 Å². The number of rotatable bonds is 8. The molecule has 1 N–H and O–H groups in total. The number of carbonyl (C=O) groups excluding carboxylic acids is 2. The number of amides is 1. The maximum Gasteiger partial charge on any atom is 0.319 e. The molecule has 0 saturated heterocycles. The Bertz CT molecular complexity index is 451. The summed E-state index contributed by atoms with van der Waals surface area (Å²) in [6.45, 7) is 6.00. The predicted octanol–water partition coefficient (Wildman–Crippen LogP) is 2.71. The molecule has 0 fully saturated rings. The quantitative estimate of drug-likeness (QED) is 0.451. The lowest BCUT2D eigenvalue weighted by atomic mass is 10.3. The van der Waals surface area contributed by atoms with Crippen molar-refractivity contribution in [1.29, 1.82) is 0 Å². The lowest BCUT2D eigenvalue weighted by Gasteiger charge is -2.10. The van der Waals surface area contributed by atoms with E-state index in [0.29, 0.717) is 28.9 Å². The number of carbonyl (C=O) groups is 2. The summed E-state index contributed by atoms with van der Waals surface area (Å²) in [6.07, 6.45) is 1.90. The number of esters is 1. The van der Waals surface area contributed by atoms with Crippen LogP contribution in [0.4, 0.5) is 5.13 Å². The molecule has 0 aliphatic rings. The molecule has 1 heterocycles. The Kier molecular flexibility index (Phi) is 7.53. The number of aromatic nitrogens is 2. The molecule has 6 nitrogen and oxygen atoms in total. The van der Waals surface area contributed by atoms with Crippen molar-refractivity contribution < 1.29 is 14.3 Å². The normalized spacial score (nSPS) is 11.9. The van der Waals surface area contributed by atoms with Gasteiger partial charge in [-0.3, -0.25) is 9.59 Å². The standard InChI is InChI=1S/C12H19N3O3S2/c1-4-7-9(16)13-11-14-15-12(20-11)19-8(5-2)10(17)18-6-3/h8H,4-7H2,1-3H3,(H,13,14,16)/t8-/m0/s1. The summed E-state index contributed by atoms with van der Waals surface area (Å²) < 4.78 is 5.65. The van der Waals surface area contributed by atoms with Gasteiger partial charge in [0.1, 0.15) is 5.25 Å². The number of hydrogen-bond acceptors (Lipinski definition) is 7. The smallest absolute Gasteiger partial charge is 0.319 e. The zero-order valence-corrected chi connectivity index (χ0v) is 13.5. The van der Waals surface area contributed by atoms with Crippen molar-refractivity contribution >= 4 is 40.1 Å². The van der Waals surface area contributed by atoms with Gasteiger partial charge in [-0.1, -0.05) is 36.9 Å². The molecule has 112 valence electrons.